The van der Waals surface area contributed by atoms with Gasteiger partial charge in [-0.15, -0.1) is 0 Å². The lowest BCUT2D eigenvalue weighted by molar-refractivity contribution is -0.904. The average molecular weight is 450 g/mol. The first-order chi connectivity index (χ1) is 15.6. The molecule has 2 aliphatic rings. The molecule has 1 amide bonds. The summed E-state index contributed by atoms with van der Waals surface area (Å²) in [7, 11) is 0. The number of carbonyl (C=O) groups excluding carboxylic acids is 1. The lowest BCUT2D eigenvalue weighted by Gasteiger charge is -2.39. The van der Waals surface area contributed by atoms with Gasteiger partial charge < -0.3 is 4.90 Å². The van der Waals surface area contributed by atoms with E-state index in [0.717, 1.165) is 46.9 Å². The van der Waals surface area contributed by atoms with Crippen LogP contribution in [-0.2, 0) is 24.1 Å². The lowest BCUT2D eigenvalue weighted by atomic mass is 9.96. The summed E-state index contributed by atoms with van der Waals surface area (Å²) in [6, 6.07) is 14.0. The number of rotatable bonds is 3. The second kappa shape index (κ2) is 8.88. The lowest BCUT2D eigenvalue weighted by Crippen LogP contribution is -2.50. The molecule has 1 aliphatic carbocycles. The molecule has 6 nitrogen and oxygen atoms in total. The van der Waals surface area contributed by atoms with Gasteiger partial charge in [0.25, 0.3) is 0 Å². The third-order valence-electron chi connectivity index (χ3n) is 6.52. The van der Waals surface area contributed by atoms with Gasteiger partial charge in [-0.05, 0) is 53.3 Å². The van der Waals surface area contributed by atoms with Gasteiger partial charge in [0.15, 0.2) is 0 Å². The minimum atomic E-state index is 0.0762. The number of halogens is 1. The summed E-state index contributed by atoms with van der Waals surface area (Å²) in [5.41, 5.74) is 5.86. The van der Waals surface area contributed by atoms with E-state index in [-0.39, 0.29) is 11.9 Å². The van der Waals surface area contributed by atoms with Crippen molar-refractivity contribution >= 4 is 17.5 Å². The smallest absolute Gasteiger partial charge is 0.227 e. The van der Waals surface area contributed by atoms with Gasteiger partial charge in [-0.1, -0.05) is 23.7 Å². The van der Waals surface area contributed by atoms with Crippen LogP contribution in [0, 0.1) is 0 Å². The maximum absolute atomic E-state index is 12.8. The van der Waals surface area contributed by atoms with Crippen LogP contribution in [0.4, 0.5) is 0 Å². The number of carbonyl (C=O) groups is 1. The third-order valence-corrected chi connectivity index (χ3v) is 6.75. The normalized spacial score (nSPS) is 18.5. The Morgan fingerprint density at radius 3 is 2.59 bits per heavy atom. The Morgan fingerprint density at radius 2 is 1.81 bits per heavy atom. The molecule has 1 fully saturated rings. The summed E-state index contributed by atoms with van der Waals surface area (Å²) >= 11 is 6.32. The number of fused-ring (bicyclic) bond motifs is 2. The molecule has 1 N–H and O–H groups in total. The van der Waals surface area contributed by atoms with Crippen LogP contribution in [0.3, 0.4) is 0 Å². The number of hydrogen-bond donors (Lipinski definition) is 1. The van der Waals surface area contributed by atoms with Gasteiger partial charge in [-0.3, -0.25) is 19.9 Å². The van der Waals surface area contributed by atoms with Gasteiger partial charge in [0.2, 0.25) is 18.3 Å². The zero-order chi connectivity index (χ0) is 22.1. The molecule has 1 saturated heterocycles. The number of amides is 1. The topological polar surface area (TPSA) is 60.6 Å². The number of aryl methyl sites for hydroxylation is 2. The van der Waals surface area contributed by atoms with Crippen molar-refractivity contribution < 1.29 is 14.7 Å². The summed E-state index contributed by atoms with van der Waals surface area (Å²) in [6.45, 7) is 2.96. The van der Waals surface area contributed by atoms with Crippen molar-refractivity contribution in [2.75, 3.05) is 26.2 Å². The minimum Gasteiger partial charge on any atom is -0.340 e. The molecule has 164 valence electrons. The summed E-state index contributed by atoms with van der Waals surface area (Å²) < 4.78 is 0.983. The van der Waals surface area contributed by atoms with E-state index < -0.39 is 0 Å². The Hall–Kier alpha value is -2.96. The second-order valence-corrected chi connectivity index (χ2v) is 8.91. The average Bonchev–Trinajstić information content (AvgIpc) is 2.97. The van der Waals surface area contributed by atoms with E-state index in [1.165, 1.54) is 16.7 Å². The van der Waals surface area contributed by atoms with Crippen LogP contribution in [0.1, 0.15) is 34.0 Å². The first-order valence-corrected chi connectivity index (χ1v) is 11.4. The predicted molar refractivity (Wildman–Crippen MR) is 121 cm³/mol. The molecule has 1 unspecified atom stereocenters. The van der Waals surface area contributed by atoms with Crippen LogP contribution in [0.2, 0.25) is 5.02 Å². The SMILES string of the molecule is O=C(Cc1cc[n+](O)cc1)N1CCN(C2c3ccc(Cl)cc3CCc3cccnc32)CC1. The van der Waals surface area contributed by atoms with Gasteiger partial charge >= 0.3 is 0 Å². The molecule has 3 aromatic rings. The van der Waals surface area contributed by atoms with Crippen molar-refractivity contribution in [3.05, 3.63) is 94.0 Å². The van der Waals surface area contributed by atoms with Gasteiger partial charge in [0.1, 0.15) is 0 Å². The molecule has 5 rings (SSSR count). The monoisotopic (exact) mass is 449 g/mol. The third kappa shape index (κ3) is 4.20. The van der Waals surface area contributed by atoms with E-state index >= 15 is 0 Å². The highest BCUT2D eigenvalue weighted by atomic mass is 35.5. The molecule has 32 heavy (non-hydrogen) atoms. The quantitative estimate of drug-likeness (QED) is 0.493. The van der Waals surface area contributed by atoms with Gasteiger partial charge in [-0.25, -0.2) is 0 Å². The summed E-state index contributed by atoms with van der Waals surface area (Å²) in [5.74, 6) is 0.118. The molecule has 7 heteroatoms. The molecule has 0 bridgehead atoms. The predicted octanol–water partition coefficient (Wildman–Crippen LogP) is 2.83. The fraction of sp³-hybridized carbons (Fsp3) is 0.320. The van der Waals surface area contributed by atoms with Gasteiger partial charge in [-0.2, -0.15) is 0 Å². The van der Waals surface area contributed by atoms with Crippen LogP contribution >= 0.6 is 11.6 Å². The van der Waals surface area contributed by atoms with Crippen LogP contribution < -0.4 is 4.73 Å². The number of hydrogen-bond acceptors (Lipinski definition) is 4. The van der Waals surface area contributed by atoms with Gasteiger partial charge in [0, 0.05) is 54.3 Å². The minimum absolute atomic E-state index is 0.0762. The molecule has 0 saturated carbocycles. The van der Waals surface area contributed by atoms with Crippen molar-refractivity contribution in [2.45, 2.75) is 25.3 Å². The van der Waals surface area contributed by atoms with E-state index in [1.807, 2.05) is 23.2 Å². The van der Waals surface area contributed by atoms with Crippen molar-refractivity contribution in [3.63, 3.8) is 0 Å². The van der Waals surface area contributed by atoms with Gasteiger partial charge in [0.05, 0.1) is 18.2 Å². The Balaban J connectivity index is 1.35. The number of pyridine rings is 2. The van der Waals surface area contributed by atoms with E-state index in [4.69, 9.17) is 16.6 Å². The van der Waals surface area contributed by atoms with E-state index in [1.54, 1.807) is 24.5 Å². The van der Waals surface area contributed by atoms with Crippen LogP contribution in [0.25, 0.3) is 0 Å². The standard InChI is InChI=1S/C25H26ClN4O2/c26-21-5-6-22-20(17-21)4-3-19-2-1-9-27-24(19)25(22)29-14-12-28(13-15-29)23(31)16-18-7-10-30(32)11-8-18/h1-2,5-11,17,25,32H,3-4,12-16H2/q+1. The van der Waals surface area contributed by atoms with Crippen molar-refractivity contribution in [1.29, 1.82) is 0 Å². The molecule has 0 radical (unpaired) electrons. The fourth-order valence-electron chi connectivity index (χ4n) is 4.84. The number of piperazine rings is 1. The highest BCUT2D eigenvalue weighted by molar-refractivity contribution is 6.30. The Labute approximate surface area is 192 Å². The summed E-state index contributed by atoms with van der Waals surface area (Å²) in [4.78, 5) is 22.0. The second-order valence-electron chi connectivity index (χ2n) is 8.47. The molecule has 2 aromatic heterocycles. The summed E-state index contributed by atoms with van der Waals surface area (Å²) in [6.07, 6.45) is 7.21. The van der Waals surface area contributed by atoms with Crippen molar-refractivity contribution in [3.8, 4) is 0 Å². The highest BCUT2D eigenvalue weighted by Crippen LogP contribution is 2.37. The Kier molecular flexibility index (Phi) is 5.81. The molecular weight excluding hydrogens is 424 g/mol. The molecule has 1 aliphatic heterocycles. The fourth-order valence-corrected chi connectivity index (χ4v) is 5.03. The zero-order valence-electron chi connectivity index (χ0n) is 17.8. The molecule has 1 atom stereocenters. The Morgan fingerprint density at radius 1 is 1.06 bits per heavy atom. The first kappa shape index (κ1) is 20.9. The maximum Gasteiger partial charge on any atom is 0.227 e. The first-order valence-electron chi connectivity index (χ1n) is 11.0. The zero-order valence-corrected chi connectivity index (χ0v) is 18.6. The van der Waals surface area contributed by atoms with Crippen molar-refractivity contribution in [1.82, 2.24) is 14.8 Å². The number of benzene rings is 1. The Bertz CT molecular complexity index is 1130. The van der Waals surface area contributed by atoms with E-state index in [2.05, 4.69) is 23.1 Å². The van der Waals surface area contributed by atoms with Crippen molar-refractivity contribution in [2.24, 2.45) is 0 Å². The van der Waals surface area contributed by atoms with E-state index in [9.17, 15) is 10.0 Å². The summed E-state index contributed by atoms with van der Waals surface area (Å²) in [5, 5.41) is 10.1. The maximum atomic E-state index is 12.8. The highest BCUT2D eigenvalue weighted by Gasteiger charge is 2.33. The molecule has 1 aromatic carbocycles. The molecule has 3 heterocycles. The largest absolute Gasteiger partial charge is 0.340 e. The van der Waals surface area contributed by atoms with Crippen LogP contribution in [-0.4, -0.2) is 52.1 Å². The molecule has 0 spiro atoms. The number of nitrogens with zero attached hydrogens (tertiary/aromatic N) is 4. The molecular formula is C25H26ClN4O2+. The van der Waals surface area contributed by atoms with Crippen LogP contribution in [0.15, 0.2) is 61.1 Å². The van der Waals surface area contributed by atoms with E-state index in [0.29, 0.717) is 19.5 Å². The number of aromatic nitrogens is 2. The van der Waals surface area contributed by atoms with Crippen LogP contribution in [0.5, 0.6) is 0 Å².